The molecule has 0 spiro atoms. The maximum absolute atomic E-state index is 13.6. The SMILES string of the molecule is Cc1ccc(C(=O)NC2CCSc3ccc(F)cc32)cc1NS(C)(=O)=O. The molecule has 0 saturated carbocycles. The molecule has 138 valence electrons. The number of carbonyl (C=O) groups excluding carboxylic acids is 1. The van der Waals surface area contributed by atoms with Crippen molar-refractivity contribution in [3.05, 3.63) is 58.9 Å². The van der Waals surface area contributed by atoms with Crippen molar-refractivity contribution in [2.24, 2.45) is 0 Å². The lowest BCUT2D eigenvalue weighted by atomic mass is 10.0. The topological polar surface area (TPSA) is 75.3 Å². The molecular weight excluding hydrogens is 375 g/mol. The first-order chi connectivity index (χ1) is 12.2. The number of benzene rings is 2. The smallest absolute Gasteiger partial charge is 0.251 e. The quantitative estimate of drug-likeness (QED) is 0.833. The van der Waals surface area contributed by atoms with Gasteiger partial charge in [0.25, 0.3) is 5.91 Å². The number of anilines is 1. The van der Waals surface area contributed by atoms with Crippen LogP contribution in [0.3, 0.4) is 0 Å². The van der Waals surface area contributed by atoms with E-state index in [1.807, 2.05) is 0 Å². The zero-order valence-electron chi connectivity index (χ0n) is 14.4. The highest BCUT2D eigenvalue weighted by Crippen LogP contribution is 2.36. The summed E-state index contributed by atoms with van der Waals surface area (Å²) in [6.07, 6.45) is 1.76. The molecule has 0 fully saturated rings. The largest absolute Gasteiger partial charge is 0.345 e. The third-order valence-electron chi connectivity index (χ3n) is 4.11. The van der Waals surface area contributed by atoms with E-state index >= 15 is 0 Å². The van der Waals surface area contributed by atoms with Crippen molar-refractivity contribution in [2.45, 2.75) is 24.3 Å². The lowest BCUT2D eigenvalue weighted by Gasteiger charge is -2.26. The van der Waals surface area contributed by atoms with Crippen LogP contribution in [0.5, 0.6) is 0 Å². The highest BCUT2D eigenvalue weighted by Gasteiger charge is 2.23. The number of carbonyl (C=O) groups is 1. The molecule has 3 rings (SSSR count). The van der Waals surface area contributed by atoms with Gasteiger partial charge in [-0.3, -0.25) is 9.52 Å². The van der Waals surface area contributed by atoms with E-state index in [9.17, 15) is 17.6 Å². The summed E-state index contributed by atoms with van der Waals surface area (Å²) in [7, 11) is -3.44. The molecule has 2 N–H and O–H groups in total. The molecule has 1 aliphatic heterocycles. The number of hydrogen-bond acceptors (Lipinski definition) is 4. The van der Waals surface area contributed by atoms with Gasteiger partial charge >= 0.3 is 0 Å². The summed E-state index contributed by atoms with van der Waals surface area (Å²) in [6, 6.07) is 9.16. The maximum Gasteiger partial charge on any atom is 0.251 e. The molecule has 1 heterocycles. The number of fused-ring (bicyclic) bond motifs is 1. The van der Waals surface area contributed by atoms with Gasteiger partial charge in [0.2, 0.25) is 10.0 Å². The Morgan fingerprint density at radius 3 is 2.73 bits per heavy atom. The van der Waals surface area contributed by atoms with Gasteiger partial charge in [-0.25, -0.2) is 12.8 Å². The molecule has 2 aromatic carbocycles. The Balaban J connectivity index is 1.84. The van der Waals surface area contributed by atoms with Crippen LogP contribution in [-0.4, -0.2) is 26.3 Å². The van der Waals surface area contributed by atoms with Crippen LogP contribution in [0.2, 0.25) is 0 Å². The van der Waals surface area contributed by atoms with Gasteiger partial charge in [0.15, 0.2) is 0 Å². The van der Waals surface area contributed by atoms with Gasteiger partial charge in [-0.05, 0) is 54.8 Å². The fourth-order valence-electron chi connectivity index (χ4n) is 2.83. The number of thioether (sulfide) groups is 1. The van der Waals surface area contributed by atoms with E-state index in [1.165, 1.54) is 18.2 Å². The normalized spacial score (nSPS) is 16.7. The maximum atomic E-state index is 13.6. The minimum absolute atomic E-state index is 0.276. The van der Waals surface area contributed by atoms with Crippen molar-refractivity contribution in [1.82, 2.24) is 5.32 Å². The van der Waals surface area contributed by atoms with Crippen molar-refractivity contribution in [3.8, 4) is 0 Å². The number of hydrogen-bond donors (Lipinski definition) is 2. The Kier molecular flexibility index (Phi) is 5.24. The predicted octanol–water partition coefficient (Wildman–Crippen LogP) is 3.47. The van der Waals surface area contributed by atoms with Crippen molar-refractivity contribution in [1.29, 1.82) is 0 Å². The fraction of sp³-hybridized carbons (Fsp3) is 0.278. The van der Waals surface area contributed by atoms with E-state index in [-0.39, 0.29) is 17.8 Å². The van der Waals surface area contributed by atoms with Crippen LogP contribution in [-0.2, 0) is 10.0 Å². The standard InChI is InChI=1S/C18H19FN2O3S2/c1-11-3-4-12(9-16(11)21-26(2,23)24)18(22)20-15-7-8-25-17-6-5-13(19)10-14(15)17/h3-6,9-10,15,21H,7-8H2,1-2H3,(H,20,22). The summed E-state index contributed by atoms with van der Waals surface area (Å²) in [4.78, 5) is 13.6. The second-order valence-corrected chi connectivity index (χ2v) is 9.13. The summed E-state index contributed by atoms with van der Waals surface area (Å²) in [5.41, 5.74) is 2.20. The molecule has 0 aromatic heterocycles. The minimum Gasteiger partial charge on any atom is -0.345 e. The number of aryl methyl sites for hydroxylation is 1. The highest BCUT2D eigenvalue weighted by molar-refractivity contribution is 7.99. The monoisotopic (exact) mass is 394 g/mol. The van der Waals surface area contributed by atoms with Crippen LogP contribution in [0, 0.1) is 12.7 Å². The number of halogens is 1. The average molecular weight is 394 g/mol. The number of rotatable bonds is 4. The van der Waals surface area contributed by atoms with Crippen molar-refractivity contribution >= 4 is 33.4 Å². The Bertz CT molecular complexity index is 961. The van der Waals surface area contributed by atoms with Gasteiger partial charge in [0.1, 0.15) is 5.82 Å². The van der Waals surface area contributed by atoms with Crippen molar-refractivity contribution in [3.63, 3.8) is 0 Å². The second kappa shape index (κ2) is 7.28. The van der Waals surface area contributed by atoms with Gasteiger partial charge in [0.05, 0.1) is 18.0 Å². The van der Waals surface area contributed by atoms with E-state index in [1.54, 1.807) is 36.9 Å². The van der Waals surface area contributed by atoms with E-state index in [0.29, 0.717) is 23.2 Å². The number of nitrogens with one attached hydrogen (secondary N) is 2. The van der Waals surface area contributed by atoms with Crippen molar-refractivity contribution in [2.75, 3.05) is 16.7 Å². The van der Waals surface area contributed by atoms with Crippen LogP contribution < -0.4 is 10.0 Å². The molecule has 1 amide bonds. The predicted molar refractivity (Wildman–Crippen MR) is 102 cm³/mol. The number of amides is 1. The molecule has 2 aromatic rings. The summed E-state index contributed by atoms with van der Waals surface area (Å²) < 4.78 is 38.9. The summed E-state index contributed by atoms with van der Waals surface area (Å²) in [5.74, 6) is 0.173. The Morgan fingerprint density at radius 1 is 1.23 bits per heavy atom. The van der Waals surface area contributed by atoms with Crippen molar-refractivity contribution < 1.29 is 17.6 Å². The second-order valence-electron chi connectivity index (χ2n) is 6.25. The first-order valence-electron chi connectivity index (χ1n) is 8.04. The Hall–Kier alpha value is -2.06. The molecule has 8 heteroatoms. The van der Waals surface area contributed by atoms with Crippen LogP contribution in [0.25, 0.3) is 0 Å². The molecule has 5 nitrogen and oxygen atoms in total. The van der Waals surface area contributed by atoms with E-state index < -0.39 is 10.0 Å². The Labute approximate surface area is 156 Å². The first-order valence-corrected chi connectivity index (χ1v) is 10.9. The Morgan fingerprint density at radius 2 is 2.00 bits per heavy atom. The van der Waals surface area contributed by atoms with Crippen LogP contribution in [0.1, 0.15) is 33.9 Å². The lowest BCUT2D eigenvalue weighted by molar-refractivity contribution is 0.0935. The molecule has 1 atom stereocenters. The lowest BCUT2D eigenvalue weighted by Crippen LogP contribution is -2.30. The van der Waals surface area contributed by atoms with E-state index in [4.69, 9.17) is 0 Å². The summed E-state index contributed by atoms with van der Waals surface area (Å²) >= 11 is 1.64. The summed E-state index contributed by atoms with van der Waals surface area (Å²) in [5, 5.41) is 2.93. The zero-order valence-corrected chi connectivity index (χ0v) is 16.0. The third-order valence-corrected chi connectivity index (χ3v) is 5.83. The number of sulfonamides is 1. The minimum atomic E-state index is -3.44. The summed E-state index contributed by atoms with van der Waals surface area (Å²) in [6.45, 7) is 1.76. The van der Waals surface area contributed by atoms with E-state index in [0.717, 1.165) is 22.5 Å². The van der Waals surface area contributed by atoms with Crippen LogP contribution >= 0.6 is 11.8 Å². The molecule has 0 saturated heterocycles. The highest BCUT2D eigenvalue weighted by atomic mass is 32.2. The van der Waals surface area contributed by atoms with E-state index in [2.05, 4.69) is 10.0 Å². The van der Waals surface area contributed by atoms with Gasteiger partial charge in [-0.2, -0.15) is 0 Å². The third kappa shape index (κ3) is 4.37. The molecule has 0 radical (unpaired) electrons. The fourth-order valence-corrected chi connectivity index (χ4v) is 4.55. The van der Waals surface area contributed by atoms with Gasteiger partial charge < -0.3 is 5.32 Å². The van der Waals surface area contributed by atoms with Crippen LogP contribution in [0.4, 0.5) is 10.1 Å². The van der Waals surface area contributed by atoms with Gasteiger partial charge in [-0.1, -0.05) is 6.07 Å². The molecule has 1 aliphatic rings. The molecule has 1 unspecified atom stereocenters. The average Bonchev–Trinajstić information content (AvgIpc) is 2.56. The molecule has 0 bridgehead atoms. The van der Waals surface area contributed by atoms with Gasteiger partial charge in [-0.15, -0.1) is 11.8 Å². The molecule has 26 heavy (non-hydrogen) atoms. The zero-order chi connectivity index (χ0) is 18.9. The van der Waals surface area contributed by atoms with Crippen LogP contribution in [0.15, 0.2) is 41.3 Å². The molecular formula is C18H19FN2O3S2. The van der Waals surface area contributed by atoms with Gasteiger partial charge in [0, 0.05) is 16.2 Å². The first kappa shape index (κ1) is 18.7. The molecule has 0 aliphatic carbocycles.